The highest BCUT2D eigenvalue weighted by atomic mass is 35.5. The first kappa shape index (κ1) is 17.5. The molecule has 6 nitrogen and oxygen atoms in total. The van der Waals surface area contributed by atoms with Crippen LogP contribution in [0.2, 0.25) is 5.02 Å². The predicted octanol–water partition coefficient (Wildman–Crippen LogP) is 2.32. The molecule has 3 N–H and O–H groups in total. The van der Waals surface area contributed by atoms with Crippen molar-refractivity contribution >= 4 is 40.1 Å². The van der Waals surface area contributed by atoms with E-state index >= 15 is 0 Å². The van der Waals surface area contributed by atoms with Gasteiger partial charge >= 0.3 is 12.0 Å². The highest BCUT2D eigenvalue weighted by Gasteiger charge is 2.14. The van der Waals surface area contributed by atoms with Crippen LogP contribution < -0.4 is 10.6 Å². The number of carbonyl (C=O) groups is 2. The Bertz CT molecular complexity index is 565. The van der Waals surface area contributed by atoms with Gasteiger partial charge in [0.2, 0.25) is 0 Å². The molecule has 0 saturated carbocycles. The fourth-order valence-electron chi connectivity index (χ4n) is 1.60. The zero-order chi connectivity index (χ0) is 16.0. The van der Waals surface area contributed by atoms with Crippen LogP contribution in [-0.4, -0.2) is 39.4 Å². The van der Waals surface area contributed by atoms with Crippen LogP contribution in [0.4, 0.5) is 10.5 Å². The highest BCUT2D eigenvalue weighted by molar-refractivity contribution is 7.84. The molecule has 1 aromatic rings. The van der Waals surface area contributed by atoms with Gasteiger partial charge in [-0.25, -0.2) is 9.59 Å². The van der Waals surface area contributed by atoms with Crippen LogP contribution in [-0.2, 0) is 10.8 Å². The van der Waals surface area contributed by atoms with Gasteiger partial charge in [0.05, 0.1) is 11.3 Å². The molecule has 0 aliphatic heterocycles. The molecule has 0 heterocycles. The Balaban J connectivity index is 2.68. The van der Waals surface area contributed by atoms with E-state index in [2.05, 4.69) is 10.6 Å². The first-order valence-corrected chi connectivity index (χ1v) is 8.30. The van der Waals surface area contributed by atoms with Gasteiger partial charge in [-0.2, -0.15) is 0 Å². The molecule has 0 fully saturated rings. The summed E-state index contributed by atoms with van der Waals surface area (Å²) in [6, 6.07) is 3.42. The predicted molar refractivity (Wildman–Crippen MR) is 83.6 cm³/mol. The first-order valence-electron chi connectivity index (χ1n) is 6.20. The summed E-state index contributed by atoms with van der Waals surface area (Å²) in [6.07, 6.45) is 2.16. The van der Waals surface area contributed by atoms with Gasteiger partial charge in [0.1, 0.15) is 0 Å². The van der Waals surface area contributed by atoms with Gasteiger partial charge in [0, 0.05) is 33.9 Å². The van der Waals surface area contributed by atoms with E-state index in [0.717, 1.165) is 0 Å². The fraction of sp³-hybridized carbons (Fsp3) is 0.385. The van der Waals surface area contributed by atoms with Crippen molar-refractivity contribution in [2.24, 2.45) is 0 Å². The normalized spacial score (nSPS) is 13.3. The van der Waals surface area contributed by atoms with E-state index in [-0.39, 0.29) is 17.3 Å². The lowest BCUT2D eigenvalue weighted by Gasteiger charge is -2.15. The van der Waals surface area contributed by atoms with Gasteiger partial charge in [0.15, 0.2) is 0 Å². The molecule has 0 aliphatic rings. The Hall–Kier alpha value is -1.60. The Kier molecular flexibility index (Phi) is 6.64. The molecule has 0 bridgehead atoms. The average Bonchev–Trinajstić information content (AvgIpc) is 2.35. The highest BCUT2D eigenvalue weighted by Crippen LogP contribution is 2.21. The molecule has 2 amide bonds. The SMILES string of the molecule is CC(CCS(C)=O)NC(=O)Nc1cc(Cl)ccc1C(=O)O. The summed E-state index contributed by atoms with van der Waals surface area (Å²) in [7, 11) is -0.919. The van der Waals surface area contributed by atoms with Gasteiger partial charge in [-0.05, 0) is 31.5 Å². The molecular formula is C13H17ClN2O4S. The van der Waals surface area contributed by atoms with E-state index in [1.54, 1.807) is 13.2 Å². The van der Waals surface area contributed by atoms with Crippen molar-refractivity contribution in [3.63, 3.8) is 0 Å². The largest absolute Gasteiger partial charge is 0.478 e. The number of anilines is 1. The van der Waals surface area contributed by atoms with Gasteiger partial charge in [0.25, 0.3) is 0 Å². The van der Waals surface area contributed by atoms with Gasteiger partial charge < -0.3 is 15.7 Å². The van der Waals surface area contributed by atoms with Crippen molar-refractivity contribution in [3.05, 3.63) is 28.8 Å². The van der Waals surface area contributed by atoms with Crippen LogP contribution in [0.5, 0.6) is 0 Å². The molecule has 8 heteroatoms. The lowest BCUT2D eigenvalue weighted by Crippen LogP contribution is -2.37. The number of halogens is 1. The van der Waals surface area contributed by atoms with Crippen molar-refractivity contribution in [2.75, 3.05) is 17.3 Å². The maximum atomic E-state index is 11.8. The number of urea groups is 1. The second-order valence-corrected chi connectivity index (χ2v) is 6.55. The number of amides is 2. The van der Waals surface area contributed by atoms with Crippen LogP contribution in [0.25, 0.3) is 0 Å². The number of hydrogen-bond acceptors (Lipinski definition) is 3. The quantitative estimate of drug-likeness (QED) is 0.745. The minimum absolute atomic E-state index is 0.0446. The zero-order valence-corrected chi connectivity index (χ0v) is 13.3. The summed E-state index contributed by atoms with van der Waals surface area (Å²) in [6.45, 7) is 1.78. The summed E-state index contributed by atoms with van der Waals surface area (Å²) in [4.78, 5) is 22.9. The molecule has 116 valence electrons. The molecule has 2 atom stereocenters. The number of carboxylic acids is 1. The number of benzene rings is 1. The van der Waals surface area contributed by atoms with Crippen molar-refractivity contribution in [3.8, 4) is 0 Å². The third kappa shape index (κ3) is 6.14. The summed E-state index contributed by atoms with van der Waals surface area (Å²) < 4.78 is 11.0. The summed E-state index contributed by atoms with van der Waals surface area (Å²) in [5, 5.41) is 14.5. The summed E-state index contributed by atoms with van der Waals surface area (Å²) in [5.41, 5.74) is 0.0793. The van der Waals surface area contributed by atoms with E-state index in [9.17, 15) is 13.8 Å². The average molecular weight is 333 g/mol. The Morgan fingerprint density at radius 3 is 2.67 bits per heavy atom. The number of rotatable bonds is 6. The van der Waals surface area contributed by atoms with Crippen LogP contribution in [0.15, 0.2) is 18.2 Å². The molecule has 21 heavy (non-hydrogen) atoms. The second kappa shape index (κ2) is 7.99. The Morgan fingerprint density at radius 1 is 1.43 bits per heavy atom. The fourth-order valence-corrected chi connectivity index (χ4v) is 2.46. The molecule has 0 radical (unpaired) electrons. The molecule has 1 rings (SSSR count). The molecule has 0 aromatic heterocycles. The van der Waals surface area contributed by atoms with Crippen LogP contribution in [0.1, 0.15) is 23.7 Å². The molecule has 0 spiro atoms. The van der Waals surface area contributed by atoms with Crippen LogP contribution in [0.3, 0.4) is 0 Å². The second-order valence-electron chi connectivity index (χ2n) is 4.56. The third-order valence-corrected chi connectivity index (χ3v) is 3.72. The zero-order valence-electron chi connectivity index (χ0n) is 11.7. The van der Waals surface area contributed by atoms with Crippen LogP contribution >= 0.6 is 11.6 Å². The monoisotopic (exact) mass is 332 g/mol. The molecule has 0 aliphatic carbocycles. The standard InChI is InChI=1S/C13H17ClN2O4S/c1-8(5-6-21(2)20)15-13(19)16-11-7-9(14)3-4-10(11)12(17)18/h3-4,7-8H,5-6H2,1-2H3,(H,17,18)(H2,15,16,19). The van der Waals surface area contributed by atoms with Crippen molar-refractivity contribution in [1.82, 2.24) is 5.32 Å². The van der Waals surface area contributed by atoms with Crippen molar-refractivity contribution in [2.45, 2.75) is 19.4 Å². The summed E-state index contributed by atoms with van der Waals surface area (Å²) in [5.74, 6) is -0.671. The molecule has 0 saturated heterocycles. The van der Waals surface area contributed by atoms with Gasteiger partial charge in [-0.15, -0.1) is 0 Å². The number of carbonyl (C=O) groups excluding carboxylic acids is 1. The van der Waals surface area contributed by atoms with Crippen molar-refractivity contribution in [1.29, 1.82) is 0 Å². The third-order valence-electron chi connectivity index (χ3n) is 2.68. The number of nitrogens with one attached hydrogen (secondary N) is 2. The molecular weight excluding hydrogens is 316 g/mol. The van der Waals surface area contributed by atoms with E-state index in [1.165, 1.54) is 18.2 Å². The van der Waals surface area contributed by atoms with E-state index < -0.39 is 22.8 Å². The minimum Gasteiger partial charge on any atom is -0.478 e. The number of carboxylic acid groups (broad SMARTS) is 1. The molecule has 2 unspecified atom stereocenters. The Labute approximate surface area is 130 Å². The maximum absolute atomic E-state index is 11.8. The smallest absolute Gasteiger partial charge is 0.337 e. The van der Waals surface area contributed by atoms with Crippen molar-refractivity contribution < 1.29 is 18.9 Å². The van der Waals surface area contributed by atoms with Crippen LogP contribution in [0, 0.1) is 0 Å². The minimum atomic E-state index is -1.16. The van der Waals surface area contributed by atoms with E-state index in [4.69, 9.17) is 16.7 Å². The lowest BCUT2D eigenvalue weighted by atomic mass is 10.2. The number of hydrogen-bond donors (Lipinski definition) is 3. The topological polar surface area (TPSA) is 95.5 Å². The first-order chi connectivity index (χ1) is 9.79. The Morgan fingerprint density at radius 2 is 2.10 bits per heavy atom. The summed E-state index contributed by atoms with van der Waals surface area (Å²) >= 11 is 5.80. The van der Waals surface area contributed by atoms with Gasteiger partial charge in [-0.1, -0.05) is 11.6 Å². The lowest BCUT2D eigenvalue weighted by molar-refractivity contribution is 0.0698. The van der Waals surface area contributed by atoms with E-state index in [0.29, 0.717) is 17.2 Å². The number of aromatic carboxylic acids is 1. The van der Waals surface area contributed by atoms with Gasteiger partial charge in [-0.3, -0.25) is 4.21 Å². The molecule has 1 aromatic carbocycles. The maximum Gasteiger partial charge on any atom is 0.337 e. The van der Waals surface area contributed by atoms with E-state index in [1.807, 2.05) is 0 Å².